The van der Waals surface area contributed by atoms with E-state index in [4.69, 9.17) is 0 Å². The number of halogens is 2. The number of benzene rings is 2. The molecule has 0 bridgehead atoms. The van der Waals surface area contributed by atoms with Gasteiger partial charge in [-0.2, -0.15) is 0 Å². The molecule has 0 aliphatic carbocycles. The Kier molecular flexibility index (Phi) is 5.15. The van der Waals surface area contributed by atoms with Crippen LogP contribution in [0.25, 0.3) is 0 Å². The van der Waals surface area contributed by atoms with Gasteiger partial charge in [-0.3, -0.25) is 0 Å². The second kappa shape index (κ2) is 6.86. The molecule has 0 saturated carbocycles. The van der Waals surface area contributed by atoms with Gasteiger partial charge in [0.2, 0.25) is 0 Å². The number of rotatable bonds is 5. The maximum Gasteiger partial charge on any atom is 0.124 e. The second-order valence-corrected chi connectivity index (χ2v) is 5.61. The largest absolute Gasteiger partial charge is 0.508 e. The molecule has 0 aliphatic rings. The van der Waals surface area contributed by atoms with Gasteiger partial charge in [0.25, 0.3) is 0 Å². The molecule has 0 radical (unpaired) electrons. The van der Waals surface area contributed by atoms with E-state index in [1.54, 1.807) is 18.2 Å². The molecule has 2 N–H and O–H groups in total. The Balaban J connectivity index is 1.88. The zero-order chi connectivity index (χ0) is 14.5. The Morgan fingerprint density at radius 2 is 1.90 bits per heavy atom. The minimum atomic E-state index is -0.239. The summed E-state index contributed by atoms with van der Waals surface area (Å²) >= 11 is 3.38. The maximum absolute atomic E-state index is 13.0. The molecule has 106 valence electrons. The van der Waals surface area contributed by atoms with Crippen LogP contribution in [0.1, 0.15) is 24.1 Å². The average Bonchev–Trinajstić information content (AvgIpc) is 2.41. The third kappa shape index (κ3) is 4.05. The molecule has 0 fully saturated rings. The first-order valence-electron chi connectivity index (χ1n) is 6.52. The number of hydrogen-bond acceptors (Lipinski definition) is 2. The lowest BCUT2D eigenvalue weighted by Crippen LogP contribution is -2.21. The molecule has 20 heavy (non-hydrogen) atoms. The Labute approximate surface area is 126 Å². The van der Waals surface area contributed by atoms with E-state index in [0.717, 1.165) is 23.0 Å². The summed E-state index contributed by atoms with van der Waals surface area (Å²) in [4.78, 5) is 0. The summed E-state index contributed by atoms with van der Waals surface area (Å²) in [5.41, 5.74) is 2.21. The van der Waals surface area contributed by atoms with Crippen LogP contribution in [-0.4, -0.2) is 11.7 Å². The normalized spacial score (nSPS) is 12.3. The summed E-state index contributed by atoms with van der Waals surface area (Å²) in [6.45, 7) is 2.87. The summed E-state index contributed by atoms with van der Waals surface area (Å²) in [6, 6.07) is 12.1. The van der Waals surface area contributed by atoms with Crippen LogP contribution < -0.4 is 5.32 Å². The highest BCUT2D eigenvalue weighted by molar-refractivity contribution is 9.10. The number of phenolic OH excluding ortho intramolecular Hbond substituents is 1. The highest BCUT2D eigenvalue weighted by atomic mass is 79.9. The van der Waals surface area contributed by atoms with E-state index in [0.29, 0.717) is 0 Å². The van der Waals surface area contributed by atoms with Gasteiger partial charge in [-0.05, 0) is 55.3 Å². The van der Waals surface area contributed by atoms with Crippen molar-refractivity contribution < 1.29 is 9.50 Å². The first kappa shape index (κ1) is 15.0. The van der Waals surface area contributed by atoms with Gasteiger partial charge in [-0.15, -0.1) is 0 Å². The molecule has 2 aromatic carbocycles. The quantitative estimate of drug-likeness (QED) is 0.857. The first-order chi connectivity index (χ1) is 9.56. The van der Waals surface area contributed by atoms with Crippen LogP contribution in [0.15, 0.2) is 46.9 Å². The predicted octanol–water partition coefficient (Wildman–Crippen LogP) is 4.19. The third-order valence-electron chi connectivity index (χ3n) is 3.23. The van der Waals surface area contributed by atoms with E-state index in [1.807, 2.05) is 12.1 Å². The number of hydrogen-bond donors (Lipinski definition) is 2. The SMILES string of the molecule is CC(NCCc1ccc(O)cc1)c1ccc(F)cc1Br. The molecule has 0 saturated heterocycles. The fourth-order valence-corrected chi connectivity index (χ4v) is 2.75. The molecule has 1 atom stereocenters. The van der Waals surface area contributed by atoms with Gasteiger partial charge >= 0.3 is 0 Å². The molecule has 2 rings (SSSR count). The maximum atomic E-state index is 13.0. The van der Waals surface area contributed by atoms with Crippen LogP contribution >= 0.6 is 15.9 Å². The van der Waals surface area contributed by atoms with Crippen LogP contribution in [0.3, 0.4) is 0 Å². The molecule has 0 aliphatic heterocycles. The van der Waals surface area contributed by atoms with Crippen LogP contribution in [0.5, 0.6) is 5.75 Å². The van der Waals surface area contributed by atoms with E-state index in [1.165, 1.54) is 17.7 Å². The Hall–Kier alpha value is -1.39. The minimum Gasteiger partial charge on any atom is -0.508 e. The molecule has 2 nitrogen and oxygen atoms in total. The lowest BCUT2D eigenvalue weighted by molar-refractivity contribution is 0.475. The third-order valence-corrected chi connectivity index (χ3v) is 3.92. The molecule has 0 spiro atoms. The topological polar surface area (TPSA) is 32.3 Å². The predicted molar refractivity (Wildman–Crippen MR) is 82.3 cm³/mol. The molecule has 2 aromatic rings. The van der Waals surface area contributed by atoms with Gasteiger partial charge < -0.3 is 10.4 Å². The van der Waals surface area contributed by atoms with Crippen molar-refractivity contribution in [2.24, 2.45) is 0 Å². The molecule has 0 aromatic heterocycles. The smallest absolute Gasteiger partial charge is 0.124 e. The van der Waals surface area contributed by atoms with Gasteiger partial charge in [-0.25, -0.2) is 4.39 Å². The fourth-order valence-electron chi connectivity index (χ4n) is 2.06. The standard InChI is InChI=1S/C16H17BrFNO/c1-11(15-7-4-13(18)10-16(15)17)19-9-8-12-2-5-14(20)6-3-12/h2-7,10-11,19-20H,8-9H2,1H3. The van der Waals surface area contributed by atoms with Crippen molar-refractivity contribution in [1.29, 1.82) is 0 Å². The Morgan fingerprint density at radius 1 is 1.20 bits per heavy atom. The fraction of sp³-hybridized carbons (Fsp3) is 0.250. The van der Waals surface area contributed by atoms with Gasteiger partial charge in [-0.1, -0.05) is 34.1 Å². The minimum absolute atomic E-state index is 0.141. The summed E-state index contributed by atoms with van der Waals surface area (Å²) in [5.74, 6) is 0.0437. The van der Waals surface area contributed by atoms with Gasteiger partial charge in [0.1, 0.15) is 11.6 Å². The van der Waals surface area contributed by atoms with Crippen molar-refractivity contribution >= 4 is 15.9 Å². The molecule has 1 unspecified atom stereocenters. The second-order valence-electron chi connectivity index (χ2n) is 4.76. The van der Waals surface area contributed by atoms with E-state index in [9.17, 15) is 9.50 Å². The highest BCUT2D eigenvalue weighted by Crippen LogP contribution is 2.24. The van der Waals surface area contributed by atoms with Crippen molar-refractivity contribution in [3.63, 3.8) is 0 Å². The summed E-state index contributed by atoms with van der Waals surface area (Å²) in [5, 5.41) is 12.6. The molecular weight excluding hydrogens is 321 g/mol. The number of phenols is 1. The van der Waals surface area contributed by atoms with Crippen LogP contribution in [0, 0.1) is 5.82 Å². The van der Waals surface area contributed by atoms with Gasteiger partial charge in [0, 0.05) is 10.5 Å². The monoisotopic (exact) mass is 337 g/mol. The van der Waals surface area contributed by atoms with E-state index in [-0.39, 0.29) is 17.6 Å². The van der Waals surface area contributed by atoms with Gasteiger partial charge in [0.15, 0.2) is 0 Å². The van der Waals surface area contributed by atoms with Gasteiger partial charge in [0.05, 0.1) is 0 Å². The average molecular weight is 338 g/mol. The number of aromatic hydroxyl groups is 1. The first-order valence-corrected chi connectivity index (χ1v) is 7.32. The van der Waals surface area contributed by atoms with E-state index < -0.39 is 0 Å². The molecule has 0 amide bonds. The van der Waals surface area contributed by atoms with Crippen LogP contribution in [0.2, 0.25) is 0 Å². The van der Waals surface area contributed by atoms with Crippen molar-refractivity contribution in [1.82, 2.24) is 5.32 Å². The van der Waals surface area contributed by atoms with Crippen molar-refractivity contribution in [2.45, 2.75) is 19.4 Å². The lowest BCUT2D eigenvalue weighted by Gasteiger charge is -2.16. The van der Waals surface area contributed by atoms with E-state index >= 15 is 0 Å². The molecular formula is C16H17BrFNO. The highest BCUT2D eigenvalue weighted by Gasteiger charge is 2.09. The summed E-state index contributed by atoms with van der Waals surface area (Å²) in [6.07, 6.45) is 0.878. The van der Waals surface area contributed by atoms with Crippen molar-refractivity contribution in [3.8, 4) is 5.75 Å². The molecule has 4 heteroatoms. The summed E-state index contributed by atoms with van der Waals surface area (Å²) in [7, 11) is 0. The van der Waals surface area contributed by atoms with Crippen LogP contribution in [0.4, 0.5) is 4.39 Å². The Bertz CT molecular complexity index is 571. The van der Waals surface area contributed by atoms with Crippen molar-refractivity contribution in [3.05, 3.63) is 63.9 Å². The van der Waals surface area contributed by atoms with Crippen molar-refractivity contribution in [2.75, 3.05) is 6.54 Å². The lowest BCUT2D eigenvalue weighted by atomic mass is 10.1. The van der Waals surface area contributed by atoms with Crippen LogP contribution in [-0.2, 0) is 6.42 Å². The zero-order valence-electron chi connectivity index (χ0n) is 11.2. The zero-order valence-corrected chi connectivity index (χ0v) is 12.8. The van der Waals surface area contributed by atoms with E-state index in [2.05, 4.69) is 28.2 Å². The number of nitrogens with one attached hydrogen (secondary N) is 1. The molecule has 0 heterocycles. The summed E-state index contributed by atoms with van der Waals surface area (Å²) < 4.78 is 13.8. The Morgan fingerprint density at radius 3 is 2.55 bits per heavy atom.